The highest BCUT2D eigenvalue weighted by molar-refractivity contribution is 6.46. The summed E-state index contributed by atoms with van der Waals surface area (Å²) in [5.41, 5.74) is 2.12. The van der Waals surface area contributed by atoms with Crippen LogP contribution in [0.2, 0.25) is 0 Å². The van der Waals surface area contributed by atoms with Gasteiger partial charge in [0.15, 0.2) is 0 Å². The Balaban J connectivity index is 2.16. The lowest BCUT2D eigenvalue weighted by molar-refractivity contribution is -0.140. The van der Waals surface area contributed by atoms with Gasteiger partial charge in [-0.25, -0.2) is 0 Å². The number of methoxy groups -OCH3 is 1. The van der Waals surface area contributed by atoms with Gasteiger partial charge in [0.2, 0.25) is 0 Å². The second-order valence-electron chi connectivity index (χ2n) is 8.75. The molecule has 0 bridgehead atoms. The molecular weight excluding hydrogens is 446 g/mol. The zero-order valence-corrected chi connectivity index (χ0v) is 21.2. The number of rotatable bonds is 11. The lowest BCUT2D eigenvalue weighted by atomic mass is 9.93. The summed E-state index contributed by atoms with van der Waals surface area (Å²) in [7, 11) is 1.54. The maximum atomic E-state index is 13.2. The number of ketones is 1. The molecule has 2 aromatic rings. The Morgan fingerprint density at radius 1 is 1.06 bits per heavy atom. The van der Waals surface area contributed by atoms with Crippen molar-refractivity contribution < 1.29 is 28.9 Å². The third-order valence-electron chi connectivity index (χ3n) is 5.93. The lowest BCUT2D eigenvalue weighted by Gasteiger charge is -2.25. The van der Waals surface area contributed by atoms with Crippen molar-refractivity contribution in [3.63, 3.8) is 0 Å². The lowest BCUT2D eigenvalue weighted by Crippen LogP contribution is -2.32. The van der Waals surface area contributed by atoms with E-state index in [1.807, 2.05) is 58.0 Å². The SMILES string of the molecule is CCCOc1cccc(C2/C(=C(\O)c3ccc(OCC)c(C(C)C)c3)C(=O)C(=O)N2CCOC)c1. The monoisotopic (exact) mass is 481 g/mol. The molecule has 3 rings (SSSR count). The average Bonchev–Trinajstić information content (AvgIpc) is 3.11. The zero-order chi connectivity index (χ0) is 25.5. The number of nitrogens with zero attached hydrogens (tertiary/aromatic N) is 1. The number of carbonyl (C=O) groups is 2. The molecule has 1 amide bonds. The number of amides is 1. The maximum Gasteiger partial charge on any atom is 0.295 e. The highest BCUT2D eigenvalue weighted by atomic mass is 16.5. The molecule has 0 aromatic heterocycles. The van der Waals surface area contributed by atoms with Crippen molar-refractivity contribution in [2.75, 3.05) is 33.5 Å². The van der Waals surface area contributed by atoms with E-state index in [9.17, 15) is 14.7 Å². The van der Waals surface area contributed by atoms with Crippen LogP contribution in [0, 0.1) is 0 Å². The van der Waals surface area contributed by atoms with Crippen molar-refractivity contribution in [2.45, 2.75) is 46.1 Å². The number of ether oxygens (including phenoxy) is 3. The Kier molecular flexibility index (Phi) is 8.93. The van der Waals surface area contributed by atoms with E-state index >= 15 is 0 Å². The summed E-state index contributed by atoms with van der Waals surface area (Å²) in [5, 5.41) is 11.4. The number of aliphatic hydroxyl groups is 1. The third kappa shape index (κ3) is 5.68. The number of likely N-dealkylation sites (tertiary alicyclic amines) is 1. The Morgan fingerprint density at radius 3 is 2.49 bits per heavy atom. The predicted molar refractivity (Wildman–Crippen MR) is 135 cm³/mol. The number of benzene rings is 2. The first kappa shape index (κ1) is 26.3. The molecule has 7 nitrogen and oxygen atoms in total. The summed E-state index contributed by atoms with van der Waals surface area (Å²) in [6, 6.07) is 11.9. The van der Waals surface area contributed by atoms with Crippen molar-refractivity contribution in [1.82, 2.24) is 4.90 Å². The summed E-state index contributed by atoms with van der Waals surface area (Å²) in [6.07, 6.45) is 0.854. The third-order valence-corrected chi connectivity index (χ3v) is 5.93. The van der Waals surface area contributed by atoms with Crippen molar-refractivity contribution in [1.29, 1.82) is 0 Å². The van der Waals surface area contributed by atoms with E-state index in [0.717, 1.165) is 17.7 Å². The summed E-state index contributed by atoms with van der Waals surface area (Å²) in [5.74, 6) is -0.0802. The summed E-state index contributed by atoms with van der Waals surface area (Å²) < 4.78 is 16.7. The molecule has 1 aliphatic heterocycles. The van der Waals surface area contributed by atoms with E-state index in [1.54, 1.807) is 12.1 Å². The Labute approximate surface area is 207 Å². The van der Waals surface area contributed by atoms with Gasteiger partial charge in [-0.1, -0.05) is 32.9 Å². The van der Waals surface area contributed by atoms with Gasteiger partial charge < -0.3 is 24.2 Å². The average molecular weight is 482 g/mol. The normalized spacial score (nSPS) is 17.3. The fourth-order valence-electron chi connectivity index (χ4n) is 4.23. The van der Waals surface area contributed by atoms with Crippen LogP contribution >= 0.6 is 0 Å². The van der Waals surface area contributed by atoms with Crippen molar-refractivity contribution >= 4 is 17.4 Å². The highest BCUT2D eigenvalue weighted by Crippen LogP contribution is 2.41. The topological polar surface area (TPSA) is 85.3 Å². The van der Waals surface area contributed by atoms with Gasteiger partial charge in [0.05, 0.1) is 31.4 Å². The smallest absolute Gasteiger partial charge is 0.295 e. The maximum absolute atomic E-state index is 13.2. The van der Waals surface area contributed by atoms with E-state index in [4.69, 9.17) is 14.2 Å². The molecule has 1 heterocycles. The van der Waals surface area contributed by atoms with Crippen LogP contribution in [0.3, 0.4) is 0 Å². The van der Waals surface area contributed by atoms with Gasteiger partial charge in [0, 0.05) is 19.2 Å². The van der Waals surface area contributed by atoms with Crippen LogP contribution in [-0.2, 0) is 14.3 Å². The van der Waals surface area contributed by atoms with Crippen LogP contribution in [0.15, 0.2) is 48.0 Å². The number of Topliss-reactive ketones (excluding diaryl/α,β-unsaturated/α-hetero) is 1. The number of carbonyl (C=O) groups excluding carboxylic acids is 2. The van der Waals surface area contributed by atoms with E-state index in [-0.39, 0.29) is 30.4 Å². The van der Waals surface area contributed by atoms with Crippen LogP contribution in [0.1, 0.15) is 62.8 Å². The Bertz CT molecular complexity index is 1090. The van der Waals surface area contributed by atoms with Gasteiger partial charge >= 0.3 is 0 Å². The van der Waals surface area contributed by atoms with Crippen LogP contribution in [0.5, 0.6) is 11.5 Å². The fraction of sp³-hybridized carbons (Fsp3) is 0.429. The van der Waals surface area contributed by atoms with Crippen LogP contribution in [0.4, 0.5) is 0 Å². The van der Waals surface area contributed by atoms with Gasteiger partial charge in [-0.3, -0.25) is 9.59 Å². The first-order valence-corrected chi connectivity index (χ1v) is 12.1. The van der Waals surface area contributed by atoms with E-state index in [0.29, 0.717) is 30.1 Å². The Hall–Kier alpha value is -3.32. The first-order valence-electron chi connectivity index (χ1n) is 12.1. The minimum absolute atomic E-state index is 0.0533. The number of aliphatic hydroxyl groups excluding tert-OH is 1. The predicted octanol–water partition coefficient (Wildman–Crippen LogP) is 5.07. The summed E-state index contributed by atoms with van der Waals surface area (Å²) >= 11 is 0. The molecule has 188 valence electrons. The Morgan fingerprint density at radius 2 is 1.83 bits per heavy atom. The molecule has 1 aliphatic rings. The second-order valence-corrected chi connectivity index (χ2v) is 8.75. The van der Waals surface area contributed by atoms with Gasteiger partial charge in [0.1, 0.15) is 17.3 Å². The summed E-state index contributed by atoms with van der Waals surface area (Å²) in [4.78, 5) is 27.7. The molecular formula is C28H35NO6. The quantitative estimate of drug-likeness (QED) is 0.274. The molecule has 0 spiro atoms. The largest absolute Gasteiger partial charge is 0.507 e. The first-order chi connectivity index (χ1) is 16.8. The molecule has 1 fully saturated rings. The van der Waals surface area contributed by atoms with Gasteiger partial charge in [0.25, 0.3) is 11.7 Å². The fourth-order valence-corrected chi connectivity index (χ4v) is 4.23. The number of hydrogen-bond donors (Lipinski definition) is 1. The molecule has 0 radical (unpaired) electrons. The molecule has 7 heteroatoms. The van der Waals surface area contributed by atoms with E-state index in [1.165, 1.54) is 12.0 Å². The molecule has 0 aliphatic carbocycles. The minimum Gasteiger partial charge on any atom is -0.507 e. The minimum atomic E-state index is -0.760. The molecule has 35 heavy (non-hydrogen) atoms. The van der Waals surface area contributed by atoms with Gasteiger partial charge in [-0.05, 0) is 60.7 Å². The molecule has 2 aromatic carbocycles. The van der Waals surface area contributed by atoms with E-state index < -0.39 is 17.7 Å². The van der Waals surface area contributed by atoms with Crippen molar-refractivity contribution in [3.8, 4) is 11.5 Å². The van der Waals surface area contributed by atoms with Crippen LogP contribution < -0.4 is 9.47 Å². The van der Waals surface area contributed by atoms with Crippen molar-refractivity contribution in [2.24, 2.45) is 0 Å². The van der Waals surface area contributed by atoms with Crippen molar-refractivity contribution in [3.05, 3.63) is 64.7 Å². The molecule has 1 N–H and O–H groups in total. The van der Waals surface area contributed by atoms with Crippen LogP contribution in [0.25, 0.3) is 5.76 Å². The second kappa shape index (κ2) is 11.9. The molecule has 0 saturated carbocycles. The zero-order valence-electron chi connectivity index (χ0n) is 21.2. The standard InChI is InChI=1S/C28H35NO6/c1-6-14-35-21-10-8-9-19(16-21)25-24(27(31)28(32)29(25)13-15-33-5)26(30)20-11-12-23(34-7-2)22(17-20)18(3)4/h8-12,16-18,25,30H,6-7,13-15H2,1-5H3/b26-24+. The molecule has 1 saturated heterocycles. The van der Waals surface area contributed by atoms with Crippen LogP contribution in [-0.4, -0.2) is 55.2 Å². The van der Waals surface area contributed by atoms with Gasteiger partial charge in [-0.15, -0.1) is 0 Å². The molecule has 1 atom stereocenters. The van der Waals surface area contributed by atoms with E-state index in [2.05, 4.69) is 0 Å². The van der Waals surface area contributed by atoms with Gasteiger partial charge in [-0.2, -0.15) is 0 Å². The summed E-state index contributed by atoms with van der Waals surface area (Å²) in [6.45, 7) is 9.55. The molecule has 1 unspecified atom stereocenters. The highest BCUT2D eigenvalue weighted by Gasteiger charge is 2.46. The number of hydrogen-bond acceptors (Lipinski definition) is 6.